The van der Waals surface area contributed by atoms with Crippen molar-refractivity contribution in [3.05, 3.63) is 24.3 Å². The van der Waals surface area contributed by atoms with Crippen LogP contribution in [0.25, 0.3) is 0 Å². The highest BCUT2D eigenvalue weighted by atomic mass is 14.3. The van der Waals surface area contributed by atoms with Gasteiger partial charge in [-0.1, -0.05) is 38.2 Å². The molecule has 0 spiro atoms. The van der Waals surface area contributed by atoms with E-state index in [1.807, 2.05) is 19.1 Å². The van der Waals surface area contributed by atoms with Gasteiger partial charge in [0.25, 0.3) is 0 Å². The minimum Gasteiger partial charge on any atom is -0.197 e. The zero-order valence-corrected chi connectivity index (χ0v) is 7.26. The fourth-order valence-corrected chi connectivity index (χ4v) is 0.961. The van der Waals surface area contributed by atoms with Gasteiger partial charge in [-0.15, -0.1) is 0 Å². The Morgan fingerprint density at radius 2 is 1.45 bits per heavy atom. The number of hydrogen-bond donors (Lipinski definition) is 0. The van der Waals surface area contributed by atoms with Crippen LogP contribution >= 0.6 is 0 Å². The van der Waals surface area contributed by atoms with Crippen LogP contribution in [-0.2, 0) is 0 Å². The summed E-state index contributed by atoms with van der Waals surface area (Å²) in [6, 6.07) is 2.24. The normalized spacial score (nSPS) is 24.5. The standard InChI is InChI=1S/C10H13N/c1-9(2)4-6-10(3,8-11)7-5-9/h4-7H,1-3H3. The van der Waals surface area contributed by atoms with Gasteiger partial charge in [0.05, 0.1) is 11.5 Å². The van der Waals surface area contributed by atoms with Gasteiger partial charge in [0.15, 0.2) is 0 Å². The lowest BCUT2D eigenvalue weighted by Gasteiger charge is -2.24. The summed E-state index contributed by atoms with van der Waals surface area (Å²) < 4.78 is 0. The molecule has 0 atom stereocenters. The van der Waals surface area contributed by atoms with Gasteiger partial charge in [0, 0.05) is 5.41 Å². The van der Waals surface area contributed by atoms with Crippen molar-refractivity contribution in [2.75, 3.05) is 0 Å². The largest absolute Gasteiger partial charge is 0.197 e. The van der Waals surface area contributed by atoms with Crippen molar-refractivity contribution < 1.29 is 0 Å². The van der Waals surface area contributed by atoms with Crippen LogP contribution in [0.1, 0.15) is 20.8 Å². The van der Waals surface area contributed by atoms with Gasteiger partial charge < -0.3 is 0 Å². The molecule has 58 valence electrons. The third-order valence-corrected chi connectivity index (χ3v) is 1.96. The quantitative estimate of drug-likeness (QED) is 0.483. The van der Waals surface area contributed by atoms with Gasteiger partial charge in [-0.2, -0.15) is 5.26 Å². The number of allylic oxidation sites excluding steroid dienone is 4. The Morgan fingerprint density at radius 1 is 1.00 bits per heavy atom. The van der Waals surface area contributed by atoms with Crippen molar-refractivity contribution in [1.29, 1.82) is 5.26 Å². The van der Waals surface area contributed by atoms with E-state index in [0.717, 1.165) is 0 Å². The summed E-state index contributed by atoms with van der Waals surface area (Å²) >= 11 is 0. The summed E-state index contributed by atoms with van der Waals surface area (Å²) in [4.78, 5) is 0. The smallest absolute Gasteiger partial charge is 0.0906 e. The molecule has 0 bridgehead atoms. The Hall–Kier alpha value is -1.03. The van der Waals surface area contributed by atoms with Crippen LogP contribution in [0.3, 0.4) is 0 Å². The molecule has 0 saturated heterocycles. The second-order valence-corrected chi connectivity index (χ2v) is 3.88. The molecule has 0 N–H and O–H groups in total. The van der Waals surface area contributed by atoms with E-state index >= 15 is 0 Å². The highest BCUT2D eigenvalue weighted by Crippen LogP contribution is 2.31. The molecule has 1 aliphatic rings. The van der Waals surface area contributed by atoms with Gasteiger partial charge in [-0.25, -0.2) is 0 Å². The van der Waals surface area contributed by atoms with Crippen LogP contribution < -0.4 is 0 Å². The maximum atomic E-state index is 8.77. The zero-order valence-electron chi connectivity index (χ0n) is 7.26. The summed E-state index contributed by atoms with van der Waals surface area (Å²) in [7, 11) is 0. The summed E-state index contributed by atoms with van der Waals surface area (Å²) in [5.74, 6) is 0. The minimum absolute atomic E-state index is 0.121. The zero-order chi connectivity index (χ0) is 8.54. The number of hydrogen-bond acceptors (Lipinski definition) is 1. The number of nitriles is 1. The van der Waals surface area contributed by atoms with Crippen LogP contribution in [0.2, 0.25) is 0 Å². The lowest BCUT2D eigenvalue weighted by Crippen LogP contribution is -2.15. The minimum atomic E-state index is -0.379. The van der Waals surface area contributed by atoms with E-state index in [9.17, 15) is 0 Å². The summed E-state index contributed by atoms with van der Waals surface area (Å²) in [6.07, 6.45) is 8.09. The van der Waals surface area contributed by atoms with Crippen molar-refractivity contribution >= 4 is 0 Å². The highest BCUT2D eigenvalue weighted by Gasteiger charge is 2.23. The monoisotopic (exact) mass is 147 g/mol. The fourth-order valence-electron chi connectivity index (χ4n) is 0.961. The molecule has 1 rings (SSSR count). The summed E-state index contributed by atoms with van der Waals surface area (Å²) in [5, 5.41) is 8.77. The first kappa shape index (κ1) is 8.07. The molecule has 0 unspecified atom stereocenters. The van der Waals surface area contributed by atoms with E-state index in [1.54, 1.807) is 0 Å². The maximum Gasteiger partial charge on any atom is 0.0906 e. The molecule has 11 heavy (non-hydrogen) atoms. The molecule has 1 nitrogen and oxygen atoms in total. The van der Waals surface area contributed by atoms with Crippen molar-refractivity contribution in [2.45, 2.75) is 20.8 Å². The Morgan fingerprint density at radius 3 is 1.82 bits per heavy atom. The van der Waals surface area contributed by atoms with Gasteiger partial charge in [0.2, 0.25) is 0 Å². The van der Waals surface area contributed by atoms with Gasteiger partial charge in [-0.3, -0.25) is 0 Å². The molecule has 0 amide bonds. The van der Waals surface area contributed by atoms with E-state index in [1.165, 1.54) is 0 Å². The molecule has 0 radical (unpaired) electrons. The third kappa shape index (κ3) is 1.71. The number of nitrogens with zero attached hydrogens (tertiary/aromatic N) is 1. The Labute approximate surface area is 68.0 Å². The van der Waals surface area contributed by atoms with Crippen molar-refractivity contribution in [3.63, 3.8) is 0 Å². The van der Waals surface area contributed by atoms with E-state index in [0.29, 0.717) is 0 Å². The second kappa shape index (κ2) is 2.23. The van der Waals surface area contributed by atoms with E-state index in [-0.39, 0.29) is 10.8 Å². The topological polar surface area (TPSA) is 23.8 Å². The van der Waals surface area contributed by atoms with Crippen LogP contribution in [0, 0.1) is 22.2 Å². The molecule has 0 aromatic rings. The highest BCUT2D eigenvalue weighted by molar-refractivity contribution is 5.29. The van der Waals surface area contributed by atoms with Crippen LogP contribution in [0.4, 0.5) is 0 Å². The molecule has 0 saturated carbocycles. The second-order valence-electron chi connectivity index (χ2n) is 3.88. The SMILES string of the molecule is CC1(C)C=CC(C)(C#N)C=C1. The van der Waals surface area contributed by atoms with Crippen molar-refractivity contribution in [1.82, 2.24) is 0 Å². The molecule has 0 aromatic heterocycles. The van der Waals surface area contributed by atoms with E-state index in [4.69, 9.17) is 5.26 Å². The molecule has 0 aliphatic heterocycles. The Bertz CT molecular complexity index is 235. The first-order valence-electron chi connectivity index (χ1n) is 3.79. The average Bonchev–Trinajstić information content (AvgIpc) is 1.97. The molecule has 0 aromatic carbocycles. The lowest BCUT2D eigenvalue weighted by molar-refractivity contribution is 0.573. The fraction of sp³-hybridized carbons (Fsp3) is 0.500. The molecule has 0 fully saturated rings. The van der Waals surface area contributed by atoms with E-state index < -0.39 is 0 Å². The number of rotatable bonds is 0. The van der Waals surface area contributed by atoms with Gasteiger partial charge in [0.1, 0.15) is 0 Å². The van der Waals surface area contributed by atoms with E-state index in [2.05, 4.69) is 32.1 Å². The van der Waals surface area contributed by atoms with Crippen molar-refractivity contribution in [2.24, 2.45) is 10.8 Å². The molecular formula is C10H13N. The Balaban J connectivity index is 2.90. The van der Waals surface area contributed by atoms with Crippen molar-refractivity contribution in [3.8, 4) is 6.07 Å². The average molecular weight is 147 g/mol. The first-order chi connectivity index (χ1) is 4.97. The maximum absolute atomic E-state index is 8.77. The summed E-state index contributed by atoms with van der Waals surface area (Å²) in [5.41, 5.74) is -0.258. The van der Waals surface area contributed by atoms with Crippen LogP contribution in [0.15, 0.2) is 24.3 Å². The first-order valence-corrected chi connectivity index (χ1v) is 3.79. The van der Waals surface area contributed by atoms with Gasteiger partial charge >= 0.3 is 0 Å². The lowest BCUT2D eigenvalue weighted by atomic mass is 9.79. The van der Waals surface area contributed by atoms with Crippen LogP contribution in [0.5, 0.6) is 0 Å². The van der Waals surface area contributed by atoms with Crippen LogP contribution in [-0.4, -0.2) is 0 Å². The molecule has 1 aliphatic carbocycles. The predicted octanol–water partition coefficient (Wildman–Crippen LogP) is 2.67. The molecular weight excluding hydrogens is 134 g/mol. The molecule has 1 heteroatoms. The third-order valence-electron chi connectivity index (χ3n) is 1.96. The predicted molar refractivity (Wildman–Crippen MR) is 45.8 cm³/mol. The van der Waals surface area contributed by atoms with Gasteiger partial charge in [-0.05, 0) is 6.92 Å². The Kier molecular flexibility index (Phi) is 1.64. The summed E-state index contributed by atoms with van der Waals surface area (Å²) in [6.45, 7) is 6.16. The molecule has 0 heterocycles.